The summed E-state index contributed by atoms with van der Waals surface area (Å²) in [5.74, 6) is -0.0845. The first-order chi connectivity index (χ1) is 21.6. The summed E-state index contributed by atoms with van der Waals surface area (Å²) in [6.45, 7) is 2.19. The minimum Gasteiger partial charge on any atom is -0.492 e. The molecule has 1 amide bonds. The van der Waals surface area contributed by atoms with E-state index < -0.39 is 15.7 Å². The van der Waals surface area contributed by atoms with Gasteiger partial charge in [-0.1, -0.05) is 36.4 Å². The third-order valence-corrected chi connectivity index (χ3v) is 7.83. The van der Waals surface area contributed by atoms with Gasteiger partial charge in [0.05, 0.1) is 18.0 Å². The highest BCUT2D eigenvalue weighted by atomic mass is 32.2. The number of hydrogen-bond donors (Lipinski definition) is 2. The molecule has 0 spiro atoms. The molecular weight excluding hydrogens is 597 g/mol. The summed E-state index contributed by atoms with van der Waals surface area (Å²) in [6.07, 6.45) is 3.51. The molecule has 0 saturated carbocycles. The highest BCUT2D eigenvalue weighted by molar-refractivity contribution is 7.90. The second kappa shape index (κ2) is 13.7. The third-order valence-electron chi connectivity index (χ3n) is 6.88. The van der Waals surface area contributed by atoms with Crippen LogP contribution in [0.1, 0.15) is 28.4 Å². The number of nitrogens with zero attached hydrogens (tertiary/aromatic N) is 3. The van der Waals surface area contributed by atoms with Crippen molar-refractivity contribution in [2.45, 2.75) is 19.8 Å². The zero-order valence-electron chi connectivity index (χ0n) is 24.8. The first-order valence-electron chi connectivity index (χ1n) is 14.3. The van der Waals surface area contributed by atoms with Gasteiger partial charge in [-0.2, -0.15) is 4.98 Å². The monoisotopic (exact) mass is 629 g/mol. The normalized spacial score (nSPS) is 11.4. The minimum absolute atomic E-state index is 0.0114. The van der Waals surface area contributed by atoms with E-state index in [1.165, 1.54) is 12.1 Å². The van der Waals surface area contributed by atoms with Crippen LogP contribution in [0.5, 0.6) is 5.75 Å². The Balaban J connectivity index is 1.25. The van der Waals surface area contributed by atoms with E-state index in [0.717, 1.165) is 28.5 Å². The van der Waals surface area contributed by atoms with E-state index in [0.29, 0.717) is 35.2 Å². The van der Waals surface area contributed by atoms with Crippen molar-refractivity contribution in [1.29, 1.82) is 0 Å². The molecule has 0 aliphatic rings. The number of ether oxygens (including phenoxy) is 1. The van der Waals surface area contributed by atoms with Gasteiger partial charge in [0.25, 0.3) is 5.91 Å². The Morgan fingerprint density at radius 3 is 2.24 bits per heavy atom. The number of aromatic nitrogens is 3. The van der Waals surface area contributed by atoms with Crippen molar-refractivity contribution in [2.75, 3.05) is 30.5 Å². The largest absolute Gasteiger partial charge is 0.492 e. The van der Waals surface area contributed by atoms with Gasteiger partial charge in [-0.3, -0.25) is 9.59 Å². The Kier molecular flexibility index (Phi) is 9.53. The number of Topliss-reactive ketones (excluding diaryl/α,β-unsaturated/α-hetero) is 1. The van der Waals surface area contributed by atoms with E-state index in [-0.39, 0.29) is 36.7 Å². The van der Waals surface area contributed by atoms with Crippen LogP contribution < -0.4 is 15.4 Å². The fourth-order valence-corrected chi connectivity index (χ4v) is 5.13. The Hall–Kier alpha value is -5.10. The molecule has 0 unspecified atom stereocenters. The Bertz CT molecular complexity index is 1940. The van der Waals surface area contributed by atoms with Gasteiger partial charge in [0.1, 0.15) is 27.2 Å². The van der Waals surface area contributed by atoms with E-state index >= 15 is 0 Å². The molecule has 0 bridgehead atoms. The maximum Gasteiger partial charge on any atom is 0.251 e. The number of nitrogens with one attached hydrogen (secondary N) is 2. The number of sulfone groups is 1. The average Bonchev–Trinajstić information content (AvgIpc) is 3.40. The third kappa shape index (κ3) is 8.51. The zero-order valence-corrected chi connectivity index (χ0v) is 25.6. The molecule has 2 N–H and O–H groups in total. The molecule has 45 heavy (non-hydrogen) atoms. The number of ketones is 1. The topological polar surface area (TPSA) is 132 Å². The lowest BCUT2D eigenvalue weighted by molar-refractivity contribution is -0.117. The second-order valence-corrected chi connectivity index (χ2v) is 12.8. The SMILES string of the molecule is CCOc1cc(C(=O)NCCS(C)(=O)=O)ccc1Nc1nc2ccc(-c3ccc(CC(=O)Cc4ccc(F)cc4)cc3)cn2n1. The molecule has 12 heteroatoms. The number of amides is 1. The van der Waals surface area contributed by atoms with Crippen molar-refractivity contribution in [3.8, 4) is 16.9 Å². The fraction of sp³-hybridized carbons (Fsp3) is 0.212. The van der Waals surface area contributed by atoms with Crippen LogP contribution in [0, 0.1) is 5.82 Å². The number of hydrogen-bond acceptors (Lipinski definition) is 8. The fourth-order valence-electron chi connectivity index (χ4n) is 4.66. The summed E-state index contributed by atoms with van der Waals surface area (Å²) in [6, 6.07) is 22.3. The van der Waals surface area contributed by atoms with Gasteiger partial charge in [-0.25, -0.2) is 17.3 Å². The van der Waals surface area contributed by atoms with E-state index in [4.69, 9.17) is 4.74 Å². The van der Waals surface area contributed by atoms with Gasteiger partial charge in [0.15, 0.2) is 5.65 Å². The molecular formula is C33H32FN5O5S. The highest BCUT2D eigenvalue weighted by Crippen LogP contribution is 2.29. The average molecular weight is 630 g/mol. The van der Waals surface area contributed by atoms with Crippen molar-refractivity contribution in [2.24, 2.45) is 0 Å². The number of anilines is 2. The minimum atomic E-state index is -3.19. The van der Waals surface area contributed by atoms with Crippen LogP contribution in [0.3, 0.4) is 0 Å². The molecule has 0 aliphatic carbocycles. The van der Waals surface area contributed by atoms with Crippen molar-refractivity contribution in [3.05, 3.63) is 108 Å². The van der Waals surface area contributed by atoms with Crippen molar-refractivity contribution < 1.29 is 27.1 Å². The van der Waals surface area contributed by atoms with E-state index in [1.807, 2.05) is 49.5 Å². The highest BCUT2D eigenvalue weighted by Gasteiger charge is 2.14. The molecule has 0 fully saturated rings. The molecule has 2 heterocycles. The molecule has 2 aromatic heterocycles. The number of pyridine rings is 1. The lowest BCUT2D eigenvalue weighted by Gasteiger charge is -2.12. The summed E-state index contributed by atoms with van der Waals surface area (Å²) in [5.41, 5.74) is 5.03. The smallest absolute Gasteiger partial charge is 0.251 e. The molecule has 0 aliphatic heterocycles. The van der Waals surface area contributed by atoms with E-state index in [1.54, 1.807) is 34.8 Å². The standard InChI is InChI=1S/C33H32FN5O5S/c1-3-44-30-20-25(32(41)35-16-17-45(2,42)43)10-14-29(30)36-33-37-31-15-11-26(21-39(31)38-33)24-8-4-22(5-9-24)18-28(40)19-23-6-12-27(34)13-7-23/h4-15,20-21H,3,16-19H2,1-2H3,(H,35,41)(H,36,38). The number of carbonyl (C=O) groups is 2. The Morgan fingerprint density at radius 2 is 1.58 bits per heavy atom. The molecule has 10 nitrogen and oxygen atoms in total. The summed E-state index contributed by atoms with van der Waals surface area (Å²) in [4.78, 5) is 29.6. The predicted molar refractivity (Wildman–Crippen MR) is 170 cm³/mol. The maximum absolute atomic E-state index is 13.1. The Labute approximate surface area is 260 Å². The van der Waals surface area contributed by atoms with Crippen LogP contribution in [-0.2, 0) is 27.5 Å². The van der Waals surface area contributed by atoms with Gasteiger partial charge in [0.2, 0.25) is 5.95 Å². The first-order valence-corrected chi connectivity index (χ1v) is 16.3. The Morgan fingerprint density at radius 1 is 0.911 bits per heavy atom. The number of fused-ring (bicyclic) bond motifs is 1. The second-order valence-electron chi connectivity index (χ2n) is 10.5. The summed E-state index contributed by atoms with van der Waals surface area (Å²) < 4.78 is 43.2. The van der Waals surface area contributed by atoms with Crippen LogP contribution >= 0.6 is 0 Å². The van der Waals surface area contributed by atoms with Gasteiger partial charge in [-0.15, -0.1) is 5.10 Å². The molecule has 3 aromatic carbocycles. The van der Waals surface area contributed by atoms with Crippen LogP contribution in [0.25, 0.3) is 16.8 Å². The summed E-state index contributed by atoms with van der Waals surface area (Å²) in [5, 5.41) is 10.3. The van der Waals surface area contributed by atoms with Crippen LogP contribution in [-0.4, -0.2) is 59.9 Å². The maximum atomic E-state index is 13.1. The molecule has 0 atom stereocenters. The predicted octanol–water partition coefficient (Wildman–Crippen LogP) is 4.81. The number of rotatable bonds is 13. The van der Waals surface area contributed by atoms with E-state index in [2.05, 4.69) is 20.7 Å². The number of carbonyl (C=O) groups excluding carboxylic acids is 2. The first kappa shape index (κ1) is 31.3. The lowest BCUT2D eigenvalue weighted by atomic mass is 10.0. The number of halogens is 1. The molecule has 0 radical (unpaired) electrons. The van der Waals surface area contributed by atoms with Gasteiger partial charge in [0, 0.05) is 43.0 Å². The van der Waals surface area contributed by atoms with Gasteiger partial charge >= 0.3 is 0 Å². The van der Waals surface area contributed by atoms with Crippen molar-refractivity contribution in [1.82, 2.24) is 19.9 Å². The van der Waals surface area contributed by atoms with Gasteiger partial charge < -0.3 is 15.4 Å². The summed E-state index contributed by atoms with van der Waals surface area (Å²) >= 11 is 0. The quantitative estimate of drug-likeness (QED) is 0.190. The zero-order chi connectivity index (χ0) is 32.0. The van der Waals surface area contributed by atoms with Crippen LogP contribution in [0.4, 0.5) is 16.0 Å². The van der Waals surface area contributed by atoms with E-state index in [9.17, 15) is 22.4 Å². The van der Waals surface area contributed by atoms with Gasteiger partial charge in [-0.05, 0) is 66.1 Å². The molecule has 5 aromatic rings. The number of benzene rings is 3. The van der Waals surface area contributed by atoms with Crippen molar-refractivity contribution in [3.63, 3.8) is 0 Å². The molecule has 5 rings (SSSR count). The van der Waals surface area contributed by atoms with Crippen molar-refractivity contribution >= 4 is 38.8 Å². The lowest BCUT2D eigenvalue weighted by Crippen LogP contribution is -2.28. The van der Waals surface area contributed by atoms with Crippen LogP contribution in [0.2, 0.25) is 0 Å². The molecule has 232 valence electrons. The van der Waals surface area contributed by atoms with Crippen LogP contribution in [0.15, 0.2) is 85.1 Å². The molecule has 0 saturated heterocycles. The summed E-state index contributed by atoms with van der Waals surface area (Å²) in [7, 11) is -3.19.